The molecule has 1 aromatic carbocycles. The van der Waals surface area contributed by atoms with Crippen LogP contribution in [0, 0.1) is 11.3 Å². The SMILES string of the molecule is CN(CCC#N)c1nccc2cc3c(cc12)OCO3. The van der Waals surface area contributed by atoms with Gasteiger partial charge in [0.1, 0.15) is 5.82 Å². The van der Waals surface area contributed by atoms with E-state index in [9.17, 15) is 0 Å². The number of hydrogen-bond donors (Lipinski definition) is 0. The molecule has 0 atom stereocenters. The molecule has 0 radical (unpaired) electrons. The summed E-state index contributed by atoms with van der Waals surface area (Å²) in [5.41, 5.74) is 0. The molecule has 0 bridgehead atoms. The van der Waals surface area contributed by atoms with E-state index in [2.05, 4.69) is 11.1 Å². The summed E-state index contributed by atoms with van der Waals surface area (Å²) < 4.78 is 10.8. The van der Waals surface area contributed by atoms with E-state index in [1.165, 1.54) is 0 Å². The van der Waals surface area contributed by atoms with E-state index in [4.69, 9.17) is 14.7 Å². The number of fused-ring (bicyclic) bond motifs is 2. The Balaban J connectivity index is 2.07. The summed E-state index contributed by atoms with van der Waals surface area (Å²) in [5, 5.41) is 10.7. The lowest BCUT2D eigenvalue weighted by Gasteiger charge is -2.18. The third-order valence-corrected chi connectivity index (χ3v) is 3.16. The lowest BCUT2D eigenvalue weighted by molar-refractivity contribution is 0.174. The number of anilines is 1. The highest BCUT2D eigenvalue weighted by Crippen LogP contribution is 2.38. The van der Waals surface area contributed by atoms with Gasteiger partial charge in [-0.1, -0.05) is 0 Å². The highest BCUT2D eigenvalue weighted by atomic mass is 16.7. The molecular weight excluding hydrogens is 242 g/mol. The monoisotopic (exact) mass is 255 g/mol. The van der Waals surface area contributed by atoms with Crippen LogP contribution in [-0.4, -0.2) is 25.4 Å². The zero-order valence-electron chi connectivity index (χ0n) is 10.6. The normalized spacial score (nSPS) is 12.4. The maximum atomic E-state index is 8.67. The van der Waals surface area contributed by atoms with Gasteiger partial charge in [-0.15, -0.1) is 0 Å². The molecule has 0 spiro atoms. The Bertz CT molecular complexity index is 664. The first-order valence-corrected chi connectivity index (χ1v) is 6.06. The highest BCUT2D eigenvalue weighted by molar-refractivity contribution is 5.94. The number of ether oxygens (including phenoxy) is 2. The van der Waals surface area contributed by atoms with Crippen molar-refractivity contribution in [1.82, 2.24) is 4.98 Å². The molecule has 96 valence electrons. The maximum Gasteiger partial charge on any atom is 0.231 e. The molecule has 0 N–H and O–H groups in total. The van der Waals surface area contributed by atoms with Crippen molar-refractivity contribution in [1.29, 1.82) is 5.26 Å². The number of rotatable bonds is 3. The predicted molar refractivity (Wildman–Crippen MR) is 71.4 cm³/mol. The van der Waals surface area contributed by atoms with E-state index in [-0.39, 0.29) is 6.79 Å². The first kappa shape index (κ1) is 11.6. The average molecular weight is 255 g/mol. The van der Waals surface area contributed by atoms with Crippen LogP contribution >= 0.6 is 0 Å². The van der Waals surface area contributed by atoms with Gasteiger partial charge in [-0.25, -0.2) is 4.98 Å². The van der Waals surface area contributed by atoms with Gasteiger partial charge in [0.2, 0.25) is 6.79 Å². The number of nitriles is 1. The van der Waals surface area contributed by atoms with Crippen LogP contribution < -0.4 is 14.4 Å². The quantitative estimate of drug-likeness (QED) is 0.842. The molecule has 19 heavy (non-hydrogen) atoms. The van der Waals surface area contributed by atoms with Crippen molar-refractivity contribution in [3.63, 3.8) is 0 Å². The van der Waals surface area contributed by atoms with Crippen LogP contribution in [0.15, 0.2) is 24.4 Å². The van der Waals surface area contributed by atoms with Crippen molar-refractivity contribution in [2.24, 2.45) is 0 Å². The molecule has 2 heterocycles. The summed E-state index contributed by atoms with van der Waals surface area (Å²) in [7, 11) is 1.93. The fourth-order valence-electron chi connectivity index (χ4n) is 2.17. The van der Waals surface area contributed by atoms with E-state index >= 15 is 0 Å². The van der Waals surface area contributed by atoms with Gasteiger partial charge < -0.3 is 14.4 Å². The molecule has 5 nitrogen and oxygen atoms in total. The topological polar surface area (TPSA) is 58.4 Å². The van der Waals surface area contributed by atoms with Crippen molar-refractivity contribution in [3.05, 3.63) is 24.4 Å². The molecule has 0 saturated carbocycles. The van der Waals surface area contributed by atoms with E-state index in [0.717, 1.165) is 28.1 Å². The zero-order valence-corrected chi connectivity index (χ0v) is 10.6. The largest absolute Gasteiger partial charge is 0.454 e. The molecule has 5 heteroatoms. The highest BCUT2D eigenvalue weighted by Gasteiger charge is 2.16. The summed E-state index contributed by atoms with van der Waals surface area (Å²) in [6.07, 6.45) is 2.24. The predicted octanol–water partition coefficient (Wildman–Crippen LogP) is 2.31. The number of benzene rings is 1. The number of hydrogen-bond acceptors (Lipinski definition) is 5. The van der Waals surface area contributed by atoms with Gasteiger partial charge in [-0.05, 0) is 23.6 Å². The van der Waals surface area contributed by atoms with Crippen molar-refractivity contribution in [2.45, 2.75) is 6.42 Å². The average Bonchev–Trinajstić information content (AvgIpc) is 2.88. The van der Waals surface area contributed by atoms with E-state index in [1.807, 2.05) is 30.1 Å². The van der Waals surface area contributed by atoms with Crippen LogP contribution in [0.1, 0.15) is 6.42 Å². The molecule has 0 saturated heterocycles. The first-order valence-electron chi connectivity index (χ1n) is 6.06. The third-order valence-electron chi connectivity index (χ3n) is 3.16. The molecule has 2 aromatic rings. The fraction of sp³-hybridized carbons (Fsp3) is 0.286. The van der Waals surface area contributed by atoms with Gasteiger partial charge in [0.25, 0.3) is 0 Å². The Kier molecular flexibility index (Phi) is 2.84. The number of nitrogens with zero attached hydrogens (tertiary/aromatic N) is 3. The molecule has 0 fully saturated rings. The van der Waals surface area contributed by atoms with Gasteiger partial charge in [0.15, 0.2) is 11.5 Å². The van der Waals surface area contributed by atoms with E-state index in [0.29, 0.717) is 13.0 Å². The summed E-state index contributed by atoms with van der Waals surface area (Å²) in [5.74, 6) is 2.37. The Hall–Kier alpha value is -2.48. The molecule has 0 unspecified atom stereocenters. The Morgan fingerprint density at radius 1 is 1.37 bits per heavy atom. The second-order valence-electron chi connectivity index (χ2n) is 4.39. The van der Waals surface area contributed by atoms with Crippen molar-refractivity contribution < 1.29 is 9.47 Å². The van der Waals surface area contributed by atoms with Gasteiger partial charge >= 0.3 is 0 Å². The molecule has 1 aliphatic rings. The lowest BCUT2D eigenvalue weighted by Crippen LogP contribution is -2.19. The van der Waals surface area contributed by atoms with Gasteiger partial charge in [-0.3, -0.25) is 0 Å². The standard InChI is InChI=1S/C14H13N3O2/c1-17(6-2-4-15)14-11-8-13-12(18-9-19-13)7-10(11)3-5-16-14/h3,5,7-8H,2,6,9H2,1H3. The van der Waals surface area contributed by atoms with Gasteiger partial charge in [0.05, 0.1) is 12.5 Å². The van der Waals surface area contributed by atoms with Crippen LogP contribution in [0.5, 0.6) is 11.5 Å². The Morgan fingerprint density at radius 3 is 2.95 bits per heavy atom. The molecular formula is C14H13N3O2. The Morgan fingerprint density at radius 2 is 2.16 bits per heavy atom. The third kappa shape index (κ3) is 2.02. The molecule has 3 rings (SSSR count). The Labute approximate surface area is 111 Å². The van der Waals surface area contributed by atoms with Crippen LogP contribution in [0.2, 0.25) is 0 Å². The molecule has 1 aromatic heterocycles. The molecule has 0 aliphatic carbocycles. The first-order chi connectivity index (χ1) is 9.29. The van der Waals surface area contributed by atoms with Crippen LogP contribution in [0.3, 0.4) is 0 Å². The minimum Gasteiger partial charge on any atom is -0.454 e. The second kappa shape index (κ2) is 4.65. The van der Waals surface area contributed by atoms with Crippen LogP contribution in [0.25, 0.3) is 10.8 Å². The smallest absolute Gasteiger partial charge is 0.231 e. The summed E-state index contributed by atoms with van der Waals surface area (Å²) >= 11 is 0. The molecule has 0 amide bonds. The maximum absolute atomic E-state index is 8.67. The minimum absolute atomic E-state index is 0.263. The summed E-state index contributed by atoms with van der Waals surface area (Å²) in [4.78, 5) is 6.39. The second-order valence-corrected chi connectivity index (χ2v) is 4.39. The van der Waals surface area contributed by atoms with E-state index < -0.39 is 0 Å². The van der Waals surface area contributed by atoms with Crippen molar-refractivity contribution >= 4 is 16.6 Å². The minimum atomic E-state index is 0.263. The zero-order chi connectivity index (χ0) is 13.2. The molecule has 1 aliphatic heterocycles. The van der Waals surface area contributed by atoms with Gasteiger partial charge in [0, 0.05) is 25.2 Å². The summed E-state index contributed by atoms with van der Waals surface area (Å²) in [6.45, 7) is 0.912. The lowest BCUT2D eigenvalue weighted by atomic mass is 10.1. The van der Waals surface area contributed by atoms with E-state index in [1.54, 1.807) is 6.20 Å². The number of pyridine rings is 1. The number of aromatic nitrogens is 1. The van der Waals surface area contributed by atoms with Crippen molar-refractivity contribution in [3.8, 4) is 17.6 Å². The van der Waals surface area contributed by atoms with Crippen LogP contribution in [0.4, 0.5) is 5.82 Å². The van der Waals surface area contributed by atoms with Crippen molar-refractivity contribution in [2.75, 3.05) is 25.3 Å². The summed E-state index contributed by atoms with van der Waals surface area (Å²) in [6, 6.07) is 7.99. The fourth-order valence-corrected chi connectivity index (χ4v) is 2.17. The van der Waals surface area contributed by atoms with Gasteiger partial charge in [-0.2, -0.15) is 5.26 Å². The van der Waals surface area contributed by atoms with Crippen LogP contribution in [-0.2, 0) is 0 Å².